The summed E-state index contributed by atoms with van der Waals surface area (Å²) >= 11 is 0. The van der Waals surface area contributed by atoms with Gasteiger partial charge >= 0.3 is 18.1 Å². The van der Waals surface area contributed by atoms with Gasteiger partial charge in [0.1, 0.15) is 23.9 Å². The van der Waals surface area contributed by atoms with Gasteiger partial charge in [0.15, 0.2) is 0 Å². The lowest BCUT2D eigenvalue weighted by molar-refractivity contribution is -0.258. The summed E-state index contributed by atoms with van der Waals surface area (Å²) in [5.74, 6) is -6.38. The van der Waals surface area contributed by atoms with Crippen LogP contribution in [0.3, 0.4) is 0 Å². The number of hydrogen-bond donors (Lipinski definition) is 1. The lowest BCUT2D eigenvalue weighted by atomic mass is 9.80. The molecule has 0 aromatic carbocycles. The number of halogens is 3. The predicted molar refractivity (Wildman–Crippen MR) is 67.1 cm³/mol. The van der Waals surface area contributed by atoms with Crippen molar-refractivity contribution in [1.82, 2.24) is 0 Å². The first-order valence-electron chi connectivity index (χ1n) is 6.93. The molecule has 3 fully saturated rings. The first-order valence-corrected chi connectivity index (χ1v) is 8.54. The van der Waals surface area contributed by atoms with Crippen LogP contribution < -0.4 is 0 Å². The Morgan fingerprint density at radius 2 is 2.00 bits per heavy atom. The third kappa shape index (κ3) is 2.65. The van der Waals surface area contributed by atoms with E-state index >= 15 is 0 Å². The summed E-state index contributed by atoms with van der Waals surface area (Å²) in [5.41, 5.74) is -3.46. The second kappa shape index (κ2) is 5.05. The Bertz CT molecular complexity index is 687. The van der Waals surface area contributed by atoms with Gasteiger partial charge < -0.3 is 14.2 Å². The third-order valence-electron chi connectivity index (χ3n) is 4.50. The van der Waals surface area contributed by atoms with Crippen LogP contribution in [-0.2, 0) is 33.9 Å². The zero-order valence-corrected chi connectivity index (χ0v) is 13.0. The summed E-state index contributed by atoms with van der Waals surface area (Å²) < 4.78 is 84.7. The molecule has 6 unspecified atom stereocenters. The minimum Gasteiger partial charge on any atom is -0.459 e. The molecule has 8 nitrogen and oxygen atoms in total. The normalized spacial score (nSPS) is 37.2. The van der Waals surface area contributed by atoms with E-state index in [-0.39, 0.29) is 6.42 Å². The molecule has 6 atom stereocenters. The number of fused-ring (bicyclic) bond motifs is 1. The molecule has 3 saturated heterocycles. The van der Waals surface area contributed by atoms with Crippen LogP contribution in [0.4, 0.5) is 13.2 Å². The van der Waals surface area contributed by atoms with Crippen LogP contribution in [0, 0.1) is 11.8 Å². The second-order valence-corrected chi connectivity index (χ2v) is 7.73. The average Bonchev–Trinajstić information content (AvgIpc) is 2.95. The van der Waals surface area contributed by atoms with Crippen molar-refractivity contribution in [3.05, 3.63) is 0 Å². The van der Waals surface area contributed by atoms with Gasteiger partial charge in [-0.2, -0.15) is 21.6 Å². The van der Waals surface area contributed by atoms with Crippen LogP contribution >= 0.6 is 0 Å². The highest BCUT2D eigenvalue weighted by atomic mass is 32.2. The first kappa shape index (κ1) is 17.4. The number of ether oxygens (including phenoxy) is 3. The van der Waals surface area contributed by atoms with E-state index in [0.717, 1.165) is 0 Å². The topological polar surface area (TPSA) is 116 Å². The molecule has 0 amide bonds. The number of carbonyl (C=O) groups is 2. The molecule has 0 aromatic heterocycles. The van der Waals surface area contributed by atoms with Gasteiger partial charge in [0.2, 0.25) is 5.60 Å². The lowest BCUT2D eigenvalue weighted by Crippen LogP contribution is -2.53. The Hall–Kier alpha value is -1.40. The van der Waals surface area contributed by atoms with E-state index in [4.69, 9.17) is 14.0 Å². The highest BCUT2D eigenvalue weighted by molar-refractivity contribution is 7.85. The maximum atomic E-state index is 13.2. The monoisotopic (exact) mass is 374 g/mol. The summed E-state index contributed by atoms with van der Waals surface area (Å²) in [6, 6.07) is 0. The molecular weight excluding hydrogens is 361 g/mol. The van der Waals surface area contributed by atoms with Gasteiger partial charge in [-0.3, -0.25) is 14.1 Å². The molecule has 0 aliphatic carbocycles. The summed E-state index contributed by atoms with van der Waals surface area (Å²) in [6.07, 6.45) is -7.15. The van der Waals surface area contributed by atoms with E-state index in [9.17, 15) is 31.2 Å². The molecule has 0 spiro atoms. The predicted octanol–water partition coefficient (Wildman–Crippen LogP) is 0.0673. The van der Waals surface area contributed by atoms with Crippen LogP contribution in [0.2, 0.25) is 0 Å². The standard InChI is InChI=1S/C12H13F3O8S/c1-11(12(13,14)15,3-24(18,19)20)23-10(17)6-4-2-5-8(21-4)7(6)9(16)22-5/h4-8H,2-3H2,1H3,(H,18,19,20). The number of rotatable bonds is 4. The summed E-state index contributed by atoms with van der Waals surface area (Å²) in [6.45, 7) is 0.336. The van der Waals surface area contributed by atoms with Crippen LogP contribution in [0.15, 0.2) is 0 Å². The Morgan fingerprint density at radius 1 is 1.38 bits per heavy atom. The number of alkyl halides is 3. The zero-order chi connectivity index (χ0) is 18.1. The fourth-order valence-electron chi connectivity index (χ4n) is 3.42. The number of esters is 2. The van der Waals surface area contributed by atoms with Crippen molar-refractivity contribution < 1.29 is 49.9 Å². The summed E-state index contributed by atoms with van der Waals surface area (Å²) in [5, 5.41) is 0. The zero-order valence-electron chi connectivity index (χ0n) is 12.1. The van der Waals surface area contributed by atoms with Crippen LogP contribution in [0.1, 0.15) is 13.3 Å². The largest absolute Gasteiger partial charge is 0.459 e. The molecule has 0 saturated carbocycles. The van der Waals surface area contributed by atoms with E-state index in [0.29, 0.717) is 6.92 Å². The third-order valence-corrected chi connectivity index (χ3v) is 5.42. The van der Waals surface area contributed by atoms with Crippen molar-refractivity contribution in [3.8, 4) is 0 Å². The van der Waals surface area contributed by atoms with E-state index in [1.165, 1.54) is 0 Å². The Balaban J connectivity index is 1.83. The molecule has 0 aromatic rings. The van der Waals surface area contributed by atoms with Gasteiger partial charge in [-0.1, -0.05) is 0 Å². The fourth-order valence-corrected chi connectivity index (χ4v) is 4.34. The molecule has 12 heteroatoms. The fraction of sp³-hybridized carbons (Fsp3) is 0.833. The van der Waals surface area contributed by atoms with Crippen LogP contribution in [-0.4, -0.2) is 60.8 Å². The van der Waals surface area contributed by atoms with Crippen LogP contribution in [0.25, 0.3) is 0 Å². The molecule has 3 heterocycles. The van der Waals surface area contributed by atoms with Gasteiger partial charge in [0, 0.05) is 6.42 Å². The minimum atomic E-state index is -5.25. The van der Waals surface area contributed by atoms with Crippen molar-refractivity contribution >= 4 is 22.1 Å². The van der Waals surface area contributed by atoms with Crippen molar-refractivity contribution in [1.29, 1.82) is 0 Å². The minimum absolute atomic E-state index is 0.160. The molecule has 136 valence electrons. The Labute approximate surface area is 134 Å². The smallest absolute Gasteiger partial charge is 0.429 e. The van der Waals surface area contributed by atoms with Gasteiger partial charge in [-0.05, 0) is 6.92 Å². The number of carbonyl (C=O) groups excluding carboxylic acids is 2. The lowest BCUT2D eigenvalue weighted by Gasteiger charge is -2.32. The summed E-state index contributed by atoms with van der Waals surface area (Å²) in [4.78, 5) is 24.0. The van der Waals surface area contributed by atoms with Crippen molar-refractivity contribution in [3.63, 3.8) is 0 Å². The van der Waals surface area contributed by atoms with E-state index in [1.54, 1.807) is 0 Å². The molecule has 1 N–H and O–H groups in total. The van der Waals surface area contributed by atoms with E-state index in [2.05, 4.69) is 4.74 Å². The highest BCUT2D eigenvalue weighted by Crippen LogP contribution is 2.51. The van der Waals surface area contributed by atoms with Crippen LogP contribution in [0.5, 0.6) is 0 Å². The molecule has 3 aliphatic rings. The number of hydrogen-bond acceptors (Lipinski definition) is 7. The van der Waals surface area contributed by atoms with Crippen molar-refractivity contribution in [2.75, 3.05) is 5.75 Å². The van der Waals surface area contributed by atoms with Gasteiger partial charge in [-0.25, -0.2) is 0 Å². The molecule has 2 bridgehead atoms. The highest BCUT2D eigenvalue weighted by Gasteiger charge is 2.67. The maximum Gasteiger partial charge on any atom is 0.429 e. The molecule has 3 aliphatic heterocycles. The molecule has 3 rings (SSSR count). The van der Waals surface area contributed by atoms with E-state index in [1.807, 2.05) is 0 Å². The summed E-state index contributed by atoms with van der Waals surface area (Å²) in [7, 11) is -5.09. The van der Waals surface area contributed by atoms with E-state index < -0.39 is 69.7 Å². The first-order chi connectivity index (χ1) is 10.8. The second-order valence-electron chi connectivity index (χ2n) is 6.28. The maximum absolute atomic E-state index is 13.2. The van der Waals surface area contributed by atoms with Gasteiger partial charge in [0.25, 0.3) is 10.1 Å². The van der Waals surface area contributed by atoms with Gasteiger partial charge in [-0.15, -0.1) is 0 Å². The Morgan fingerprint density at radius 3 is 2.54 bits per heavy atom. The van der Waals surface area contributed by atoms with Crippen molar-refractivity contribution in [2.24, 2.45) is 11.8 Å². The van der Waals surface area contributed by atoms with Crippen molar-refractivity contribution in [2.45, 2.75) is 43.4 Å². The molecule has 24 heavy (non-hydrogen) atoms. The molecular formula is C12H13F3O8S. The molecule has 0 radical (unpaired) electrons. The quantitative estimate of drug-likeness (QED) is 0.543. The SMILES string of the molecule is CC(CS(=O)(=O)O)(OC(=O)C1C2CC3OC(=O)C1C3O2)C(F)(F)F. The Kier molecular flexibility index (Phi) is 3.67. The average molecular weight is 374 g/mol. The van der Waals surface area contributed by atoms with Gasteiger partial charge in [0.05, 0.1) is 12.0 Å².